The first kappa shape index (κ1) is 15.6. The van der Waals surface area contributed by atoms with Crippen molar-refractivity contribution in [3.63, 3.8) is 0 Å². The Kier molecular flexibility index (Phi) is 5.14. The maximum atomic E-state index is 12.1. The molecule has 0 unspecified atom stereocenters. The molecule has 2 aromatic carbocycles. The van der Waals surface area contributed by atoms with Crippen LogP contribution in [0.15, 0.2) is 48.5 Å². The Morgan fingerprint density at radius 3 is 1.91 bits per heavy atom. The van der Waals surface area contributed by atoms with Gasteiger partial charge in [0.15, 0.2) is 0 Å². The number of rotatable bonds is 4. The molecule has 0 aliphatic heterocycles. The summed E-state index contributed by atoms with van der Waals surface area (Å²) < 4.78 is 0. The molecule has 2 rings (SSSR count). The van der Waals surface area contributed by atoms with Crippen molar-refractivity contribution in [2.24, 2.45) is 0 Å². The molecule has 0 fully saturated rings. The van der Waals surface area contributed by atoms with Gasteiger partial charge in [-0.2, -0.15) is 0 Å². The van der Waals surface area contributed by atoms with Gasteiger partial charge < -0.3 is 16.0 Å². The van der Waals surface area contributed by atoms with Crippen LogP contribution in [0.2, 0.25) is 0 Å². The minimum Gasteiger partial charge on any atom is -0.341 e. The molecule has 0 atom stereocenters. The van der Waals surface area contributed by atoms with Crippen molar-refractivity contribution in [1.82, 2.24) is 5.32 Å². The lowest BCUT2D eigenvalue weighted by molar-refractivity contribution is 0.102. The topological polar surface area (TPSA) is 70.2 Å². The third-order valence-corrected chi connectivity index (χ3v) is 3.25. The molecule has 5 heteroatoms. The third kappa shape index (κ3) is 4.09. The van der Waals surface area contributed by atoms with Gasteiger partial charge in [-0.3, -0.25) is 4.79 Å². The van der Waals surface area contributed by atoms with Gasteiger partial charge in [-0.15, -0.1) is 0 Å². The fourth-order valence-electron chi connectivity index (χ4n) is 1.93. The van der Waals surface area contributed by atoms with Gasteiger partial charge in [-0.25, -0.2) is 4.79 Å². The van der Waals surface area contributed by atoms with Crippen molar-refractivity contribution in [2.45, 2.75) is 13.3 Å². The predicted molar refractivity (Wildman–Crippen MR) is 88.3 cm³/mol. The molecule has 0 spiro atoms. The molecule has 0 heterocycles. The van der Waals surface area contributed by atoms with Gasteiger partial charge in [0.1, 0.15) is 0 Å². The SMILES string of the molecule is CCc1ccc(C(=O)Nc2ccc(NC(=O)NC)cc2)cc1. The van der Waals surface area contributed by atoms with Gasteiger partial charge in [0.05, 0.1) is 0 Å². The van der Waals surface area contributed by atoms with Gasteiger partial charge in [-0.05, 0) is 48.4 Å². The molecule has 5 nitrogen and oxygen atoms in total. The summed E-state index contributed by atoms with van der Waals surface area (Å²) in [5.74, 6) is -0.158. The molecule has 0 aliphatic rings. The molecule has 0 radical (unpaired) electrons. The molecule has 2 aromatic rings. The molecule has 0 saturated heterocycles. The molecule has 0 aromatic heterocycles. The zero-order valence-corrected chi connectivity index (χ0v) is 12.6. The first-order valence-electron chi connectivity index (χ1n) is 7.11. The smallest absolute Gasteiger partial charge is 0.318 e. The van der Waals surface area contributed by atoms with E-state index < -0.39 is 0 Å². The molecule has 22 heavy (non-hydrogen) atoms. The van der Waals surface area contributed by atoms with Gasteiger partial charge >= 0.3 is 6.03 Å². The first-order chi connectivity index (χ1) is 10.6. The van der Waals surface area contributed by atoms with Crippen LogP contribution >= 0.6 is 0 Å². The zero-order chi connectivity index (χ0) is 15.9. The lowest BCUT2D eigenvalue weighted by Crippen LogP contribution is -2.24. The van der Waals surface area contributed by atoms with E-state index in [-0.39, 0.29) is 11.9 Å². The molecule has 0 saturated carbocycles. The zero-order valence-electron chi connectivity index (χ0n) is 12.6. The summed E-state index contributed by atoms with van der Waals surface area (Å²) in [5, 5.41) is 7.95. The van der Waals surface area contributed by atoms with Crippen LogP contribution < -0.4 is 16.0 Å². The summed E-state index contributed by atoms with van der Waals surface area (Å²) >= 11 is 0. The van der Waals surface area contributed by atoms with Crippen LogP contribution in [0.25, 0.3) is 0 Å². The second-order valence-electron chi connectivity index (χ2n) is 4.79. The van der Waals surface area contributed by atoms with E-state index in [9.17, 15) is 9.59 Å². The van der Waals surface area contributed by atoms with Crippen LogP contribution in [0.3, 0.4) is 0 Å². The number of carbonyl (C=O) groups excluding carboxylic acids is 2. The Balaban J connectivity index is 2.00. The molecule has 3 amide bonds. The molecule has 0 aliphatic carbocycles. The number of benzene rings is 2. The Bertz CT molecular complexity index is 649. The average Bonchev–Trinajstić information content (AvgIpc) is 2.56. The third-order valence-electron chi connectivity index (χ3n) is 3.25. The van der Waals surface area contributed by atoms with Gasteiger partial charge in [0, 0.05) is 24.0 Å². The monoisotopic (exact) mass is 297 g/mol. The molecule has 0 bridgehead atoms. The van der Waals surface area contributed by atoms with Crippen LogP contribution in [0.1, 0.15) is 22.8 Å². The second kappa shape index (κ2) is 7.26. The maximum absolute atomic E-state index is 12.1. The summed E-state index contributed by atoms with van der Waals surface area (Å²) in [4.78, 5) is 23.3. The van der Waals surface area contributed by atoms with E-state index in [0.29, 0.717) is 16.9 Å². The van der Waals surface area contributed by atoms with Crippen molar-refractivity contribution in [3.05, 3.63) is 59.7 Å². The number of aryl methyl sites for hydroxylation is 1. The predicted octanol–water partition coefficient (Wildman–Crippen LogP) is 3.25. The number of carbonyl (C=O) groups is 2. The fraction of sp³-hybridized carbons (Fsp3) is 0.176. The first-order valence-corrected chi connectivity index (χ1v) is 7.11. The number of anilines is 2. The van der Waals surface area contributed by atoms with E-state index in [1.807, 2.05) is 24.3 Å². The van der Waals surface area contributed by atoms with E-state index in [1.54, 1.807) is 31.3 Å². The quantitative estimate of drug-likeness (QED) is 0.810. The number of hydrogen-bond donors (Lipinski definition) is 3. The molecule has 3 N–H and O–H groups in total. The number of urea groups is 1. The van der Waals surface area contributed by atoms with E-state index in [2.05, 4.69) is 22.9 Å². The van der Waals surface area contributed by atoms with Crippen LogP contribution in [0, 0.1) is 0 Å². The highest BCUT2D eigenvalue weighted by Gasteiger charge is 2.06. The highest BCUT2D eigenvalue weighted by Crippen LogP contribution is 2.15. The summed E-state index contributed by atoms with van der Waals surface area (Å²) in [6, 6.07) is 14.2. The lowest BCUT2D eigenvalue weighted by Gasteiger charge is -2.08. The molecule has 114 valence electrons. The summed E-state index contributed by atoms with van der Waals surface area (Å²) in [6.45, 7) is 2.07. The largest absolute Gasteiger partial charge is 0.341 e. The van der Waals surface area contributed by atoms with Crippen molar-refractivity contribution < 1.29 is 9.59 Å². The van der Waals surface area contributed by atoms with Gasteiger partial charge in [0.25, 0.3) is 5.91 Å². The summed E-state index contributed by atoms with van der Waals surface area (Å²) in [7, 11) is 1.55. The summed E-state index contributed by atoms with van der Waals surface area (Å²) in [5.41, 5.74) is 3.14. The number of nitrogens with one attached hydrogen (secondary N) is 3. The fourth-order valence-corrected chi connectivity index (χ4v) is 1.93. The number of amides is 3. The van der Waals surface area contributed by atoms with Crippen molar-refractivity contribution >= 4 is 23.3 Å². The van der Waals surface area contributed by atoms with Gasteiger partial charge in [-0.1, -0.05) is 19.1 Å². The minimum atomic E-state index is -0.284. The van der Waals surface area contributed by atoms with E-state index in [4.69, 9.17) is 0 Å². The lowest BCUT2D eigenvalue weighted by atomic mass is 10.1. The molecular formula is C17H19N3O2. The Labute approximate surface area is 129 Å². The highest BCUT2D eigenvalue weighted by atomic mass is 16.2. The van der Waals surface area contributed by atoms with Gasteiger partial charge in [0.2, 0.25) is 0 Å². The van der Waals surface area contributed by atoms with Crippen LogP contribution in [-0.4, -0.2) is 19.0 Å². The highest BCUT2D eigenvalue weighted by molar-refractivity contribution is 6.04. The van der Waals surface area contributed by atoms with E-state index in [1.165, 1.54) is 5.56 Å². The Morgan fingerprint density at radius 1 is 0.864 bits per heavy atom. The van der Waals surface area contributed by atoms with Crippen LogP contribution in [0.4, 0.5) is 16.2 Å². The second-order valence-corrected chi connectivity index (χ2v) is 4.79. The van der Waals surface area contributed by atoms with Crippen LogP contribution in [-0.2, 0) is 6.42 Å². The Morgan fingerprint density at radius 2 is 1.41 bits per heavy atom. The Hall–Kier alpha value is -2.82. The average molecular weight is 297 g/mol. The summed E-state index contributed by atoms with van der Waals surface area (Å²) in [6.07, 6.45) is 0.946. The van der Waals surface area contributed by atoms with Crippen molar-refractivity contribution in [3.8, 4) is 0 Å². The van der Waals surface area contributed by atoms with Crippen molar-refractivity contribution in [1.29, 1.82) is 0 Å². The van der Waals surface area contributed by atoms with Crippen molar-refractivity contribution in [2.75, 3.05) is 17.7 Å². The maximum Gasteiger partial charge on any atom is 0.318 e. The van der Waals surface area contributed by atoms with E-state index in [0.717, 1.165) is 6.42 Å². The number of hydrogen-bond acceptors (Lipinski definition) is 2. The normalized spacial score (nSPS) is 9.91. The van der Waals surface area contributed by atoms with E-state index >= 15 is 0 Å². The van der Waals surface area contributed by atoms with Crippen LogP contribution in [0.5, 0.6) is 0 Å². The molecular weight excluding hydrogens is 278 g/mol. The minimum absolute atomic E-state index is 0.158. The standard InChI is InChI=1S/C17H19N3O2/c1-3-12-4-6-13(7-5-12)16(21)19-14-8-10-15(11-9-14)20-17(22)18-2/h4-11H,3H2,1-2H3,(H,19,21)(H2,18,20,22).